The van der Waals surface area contributed by atoms with Crippen LogP contribution in [-0.2, 0) is 4.79 Å². The standard InChI is InChI=1S/C11H13BrN2O/c1-11(2)6-13-8-4-3-7(12)5-9(8)14-10(11)15/h3-5,13H,6H2,1-2H3,(H,14,15). The lowest BCUT2D eigenvalue weighted by molar-refractivity contribution is -0.123. The fourth-order valence-corrected chi connectivity index (χ4v) is 1.82. The van der Waals surface area contributed by atoms with Crippen LogP contribution in [0.15, 0.2) is 22.7 Å². The van der Waals surface area contributed by atoms with Gasteiger partial charge in [-0.2, -0.15) is 0 Å². The van der Waals surface area contributed by atoms with Crippen molar-refractivity contribution < 1.29 is 4.79 Å². The van der Waals surface area contributed by atoms with Crippen molar-refractivity contribution in [2.75, 3.05) is 17.2 Å². The van der Waals surface area contributed by atoms with Crippen LogP contribution in [0.1, 0.15) is 13.8 Å². The molecule has 1 heterocycles. The predicted molar refractivity (Wildman–Crippen MR) is 65.0 cm³/mol. The Morgan fingerprint density at radius 3 is 2.80 bits per heavy atom. The van der Waals surface area contributed by atoms with Gasteiger partial charge in [-0.1, -0.05) is 15.9 Å². The summed E-state index contributed by atoms with van der Waals surface area (Å²) in [6, 6.07) is 5.82. The number of benzene rings is 1. The summed E-state index contributed by atoms with van der Waals surface area (Å²) in [6.45, 7) is 4.50. The van der Waals surface area contributed by atoms with Crippen molar-refractivity contribution in [3.8, 4) is 0 Å². The molecule has 0 saturated heterocycles. The van der Waals surface area contributed by atoms with Gasteiger partial charge < -0.3 is 10.6 Å². The maximum absolute atomic E-state index is 11.8. The van der Waals surface area contributed by atoms with Gasteiger partial charge in [0.05, 0.1) is 16.8 Å². The van der Waals surface area contributed by atoms with Crippen LogP contribution in [0, 0.1) is 5.41 Å². The molecular weight excluding hydrogens is 256 g/mol. The Hall–Kier alpha value is -1.03. The van der Waals surface area contributed by atoms with Gasteiger partial charge in [0.15, 0.2) is 0 Å². The van der Waals surface area contributed by atoms with Crippen molar-refractivity contribution in [1.29, 1.82) is 0 Å². The summed E-state index contributed by atoms with van der Waals surface area (Å²) in [4.78, 5) is 11.8. The lowest BCUT2D eigenvalue weighted by atomic mass is 9.93. The normalized spacial score (nSPS) is 18.5. The highest BCUT2D eigenvalue weighted by Crippen LogP contribution is 2.31. The highest BCUT2D eigenvalue weighted by atomic mass is 79.9. The molecule has 0 radical (unpaired) electrons. The van der Waals surface area contributed by atoms with Crippen molar-refractivity contribution in [3.63, 3.8) is 0 Å². The van der Waals surface area contributed by atoms with E-state index in [-0.39, 0.29) is 11.3 Å². The maximum Gasteiger partial charge on any atom is 0.231 e. The molecule has 80 valence electrons. The molecule has 2 rings (SSSR count). The lowest BCUT2D eigenvalue weighted by Gasteiger charge is -2.19. The number of rotatable bonds is 0. The van der Waals surface area contributed by atoms with Crippen LogP contribution in [0.5, 0.6) is 0 Å². The summed E-state index contributed by atoms with van der Waals surface area (Å²) in [5.41, 5.74) is 1.42. The van der Waals surface area contributed by atoms with Gasteiger partial charge in [0.2, 0.25) is 5.91 Å². The average Bonchev–Trinajstić information content (AvgIpc) is 2.25. The first-order chi connectivity index (χ1) is 6.99. The number of nitrogens with one attached hydrogen (secondary N) is 2. The maximum atomic E-state index is 11.8. The molecule has 1 aromatic rings. The van der Waals surface area contributed by atoms with Crippen LogP contribution in [-0.4, -0.2) is 12.5 Å². The predicted octanol–water partition coefficient (Wildman–Crippen LogP) is 2.84. The molecule has 0 spiro atoms. The number of hydrogen-bond donors (Lipinski definition) is 2. The zero-order valence-corrected chi connectivity index (χ0v) is 10.3. The number of halogens is 1. The number of carbonyl (C=O) groups is 1. The molecule has 0 aromatic heterocycles. The number of anilines is 2. The van der Waals surface area contributed by atoms with E-state index in [0.29, 0.717) is 6.54 Å². The van der Waals surface area contributed by atoms with Gasteiger partial charge in [0.25, 0.3) is 0 Å². The largest absolute Gasteiger partial charge is 0.382 e. The Kier molecular flexibility index (Phi) is 2.46. The molecule has 3 nitrogen and oxygen atoms in total. The molecule has 1 aliphatic heterocycles. The second-order valence-electron chi connectivity index (χ2n) is 4.38. The molecule has 15 heavy (non-hydrogen) atoms. The van der Waals surface area contributed by atoms with E-state index in [4.69, 9.17) is 0 Å². The number of fused-ring (bicyclic) bond motifs is 1. The third-order valence-corrected chi connectivity index (χ3v) is 3.06. The summed E-state index contributed by atoms with van der Waals surface area (Å²) in [6.07, 6.45) is 0. The first-order valence-electron chi connectivity index (χ1n) is 4.84. The number of carbonyl (C=O) groups excluding carboxylic acids is 1. The van der Waals surface area contributed by atoms with Gasteiger partial charge in [-0.05, 0) is 32.0 Å². The van der Waals surface area contributed by atoms with Crippen molar-refractivity contribution in [3.05, 3.63) is 22.7 Å². The molecule has 0 atom stereocenters. The second kappa shape index (κ2) is 3.52. The van der Waals surface area contributed by atoms with E-state index in [1.165, 1.54) is 0 Å². The lowest BCUT2D eigenvalue weighted by Crippen LogP contribution is -2.34. The van der Waals surface area contributed by atoms with E-state index in [2.05, 4.69) is 26.6 Å². The van der Waals surface area contributed by atoms with E-state index < -0.39 is 0 Å². The first-order valence-corrected chi connectivity index (χ1v) is 5.63. The Balaban J connectivity index is 2.40. The SMILES string of the molecule is CC1(C)CNc2ccc(Br)cc2NC1=O. The van der Waals surface area contributed by atoms with Gasteiger partial charge in [0.1, 0.15) is 0 Å². The van der Waals surface area contributed by atoms with Crippen LogP contribution < -0.4 is 10.6 Å². The minimum atomic E-state index is -0.383. The number of hydrogen-bond acceptors (Lipinski definition) is 2. The smallest absolute Gasteiger partial charge is 0.231 e. The van der Waals surface area contributed by atoms with Crippen LogP contribution in [0.4, 0.5) is 11.4 Å². The highest BCUT2D eigenvalue weighted by Gasteiger charge is 2.30. The molecule has 0 fully saturated rings. The quantitative estimate of drug-likeness (QED) is 0.760. The molecule has 1 aliphatic rings. The van der Waals surface area contributed by atoms with E-state index >= 15 is 0 Å². The molecule has 1 aromatic carbocycles. The van der Waals surface area contributed by atoms with Gasteiger partial charge in [-0.3, -0.25) is 4.79 Å². The Morgan fingerprint density at radius 1 is 1.33 bits per heavy atom. The Bertz CT molecular complexity index is 415. The summed E-state index contributed by atoms with van der Waals surface area (Å²) >= 11 is 3.39. The minimum absolute atomic E-state index is 0.0480. The van der Waals surface area contributed by atoms with Crippen LogP contribution in [0.25, 0.3) is 0 Å². The molecule has 2 N–H and O–H groups in total. The molecule has 0 aliphatic carbocycles. The van der Waals surface area contributed by atoms with Gasteiger partial charge in [-0.15, -0.1) is 0 Å². The van der Waals surface area contributed by atoms with E-state index in [1.807, 2.05) is 32.0 Å². The topological polar surface area (TPSA) is 41.1 Å². The van der Waals surface area contributed by atoms with E-state index in [1.54, 1.807) is 0 Å². The molecular formula is C11H13BrN2O. The third-order valence-electron chi connectivity index (χ3n) is 2.57. The number of amides is 1. The molecule has 1 amide bonds. The zero-order valence-electron chi connectivity index (χ0n) is 8.73. The fraction of sp³-hybridized carbons (Fsp3) is 0.364. The zero-order chi connectivity index (χ0) is 11.1. The van der Waals surface area contributed by atoms with Crippen molar-refractivity contribution in [2.45, 2.75) is 13.8 Å². The highest BCUT2D eigenvalue weighted by molar-refractivity contribution is 9.10. The molecule has 0 unspecified atom stereocenters. The van der Waals surface area contributed by atoms with Crippen LogP contribution >= 0.6 is 15.9 Å². The van der Waals surface area contributed by atoms with Crippen LogP contribution in [0.3, 0.4) is 0 Å². The Morgan fingerprint density at radius 2 is 2.07 bits per heavy atom. The van der Waals surface area contributed by atoms with Crippen molar-refractivity contribution >= 4 is 33.2 Å². The Labute approximate surface area is 97.4 Å². The molecule has 0 bridgehead atoms. The summed E-state index contributed by atoms with van der Waals surface area (Å²) in [5, 5.41) is 6.19. The summed E-state index contributed by atoms with van der Waals surface area (Å²) in [7, 11) is 0. The van der Waals surface area contributed by atoms with Crippen molar-refractivity contribution in [2.24, 2.45) is 5.41 Å². The summed E-state index contributed by atoms with van der Waals surface area (Å²) in [5.74, 6) is 0.0480. The summed E-state index contributed by atoms with van der Waals surface area (Å²) < 4.78 is 0.961. The third kappa shape index (κ3) is 2.00. The van der Waals surface area contributed by atoms with Crippen molar-refractivity contribution in [1.82, 2.24) is 0 Å². The minimum Gasteiger partial charge on any atom is -0.382 e. The van der Waals surface area contributed by atoms with E-state index in [9.17, 15) is 4.79 Å². The molecule has 4 heteroatoms. The van der Waals surface area contributed by atoms with Gasteiger partial charge in [-0.25, -0.2) is 0 Å². The van der Waals surface area contributed by atoms with Crippen LogP contribution in [0.2, 0.25) is 0 Å². The van der Waals surface area contributed by atoms with Gasteiger partial charge in [0, 0.05) is 11.0 Å². The fourth-order valence-electron chi connectivity index (χ4n) is 1.46. The monoisotopic (exact) mass is 268 g/mol. The van der Waals surface area contributed by atoms with Gasteiger partial charge >= 0.3 is 0 Å². The first kappa shape index (κ1) is 10.5. The van der Waals surface area contributed by atoms with E-state index in [0.717, 1.165) is 15.8 Å². The molecule has 0 saturated carbocycles. The second-order valence-corrected chi connectivity index (χ2v) is 5.30. The average molecular weight is 269 g/mol.